The molecule has 0 N–H and O–H groups in total. The Labute approximate surface area is 259 Å². The zero-order valence-corrected chi connectivity index (χ0v) is 26.5. The Balaban J connectivity index is 1.37. The van der Waals surface area contributed by atoms with Gasteiger partial charge in [0, 0.05) is 11.1 Å². The number of hydrogen-bond acceptors (Lipinski definition) is 0. The highest BCUT2D eigenvalue weighted by Crippen LogP contribution is 2.59. The van der Waals surface area contributed by atoms with Gasteiger partial charge in [-0.05, 0) is 91.0 Å². The Morgan fingerprint density at radius 3 is 1.37 bits per heavy atom. The number of allylic oxidation sites excluding steroid dienone is 2. The average molecular weight is 589 g/mol. The van der Waals surface area contributed by atoms with Crippen LogP contribution in [0.4, 0.5) is 0 Å². The van der Waals surface area contributed by atoms with Crippen LogP contribution in [0.1, 0.15) is 55.6 Å². The Morgan fingerprint density at radius 1 is 0.512 bits per heavy atom. The summed E-state index contributed by atoms with van der Waals surface area (Å²) >= 11 is 8.33. The van der Waals surface area contributed by atoms with Crippen LogP contribution in [0.25, 0.3) is 44.8 Å². The van der Waals surface area contributed by atoms with Gasteiger partial charge >= 0.3 is 0 Å². The lowest BCUT2D eigenvalue weighted by atomic mass is 9.94. The molecule has 0 aromatic heterocycles. The van der Waals surface area contributed by atoms with Crippen LogP contribution in [0.2, 0.25) is 6.55 Å². The highest BCUT2D eigenvalue weighted by Gasteiger charge is 2.51. The summed E-state index contributed by atoms with van der Waals surface area (Å²) in [5.41, 5.74) is 13.5. The molecule has 8 rings (SSSR count). The van der Waals surface area contributed by atoms with E-state index >= 15 is 0 Å². The van der Waals surface area contributed by atoms with Gasteiger partial charge < -0.3 is 0 Å². The number of fused-ring (bicyclic) bond motifs is 4. The van der Waals surface area contributed by atoms with Crippen molar-refractivity contribution in [2.75, 3.05) is 0 Å². The summed E-state index contributed by atoms with van der Waals surface area (Å²) in [5, 5.41) is 5.16. The summed E-state index contributed by atoms with van der Waals surface area (Å²) in [5.74, 6) is 0. The maximum absolute atomic E-state index is 8.33. The van der Waals surface area contributed by atoms with Crippen LogP contribution in [-0.4, -0.2) is 7.38 Å². The van der Waals surface area contributed by atoms with E-state index in [1.54, 1.807) is 0 Å². The van der Waals surface area contributed by atoms with Crippen LogP contribution in [0, 0.1) is 13.8 Å². The van der Waals surface area contributed by atoms with Gasteiger partial charge in [-0.25, -0.2) is 0 Å². The van der Waals surface area contributed by atoms with Crippen molar-refractivity contribution in [3.63, 3.8) is 0 Å². The molecule has 2 aliphatic rings. The van der Waals surface area contributed by atoms with Crippen molar-refractivity contribution in [2.24, 2.45) is 0 Å². The highest BCUT2D eigenvalue weighted by atomic mass is 35.6. The molecule has 43 heavy (non-hydrogen) atoms. The summed E-state index contributed by atoms with van der Waals surface area (Å²) in [6.45, 7) is 6.84. The molecule has 6 aromatic rings. The van der Waals surface area contributed by atoms with E-state index in [9.17, 15) is 0 Å². The summed E-state index contributed by atoms with van der Waals surface area (Å²) in [4.78, 5) is 0. The summed E-state index contributed by atoms with van der Waals surface area (Å²) < 4.78 is 0. The van der Waals surface area contributed by atoms with Crippen LogP contribution in [0.15, 0.2) is 121 Å². The lowest BCUT2D eigenvalue weighted by molar-refractivity contribution is 1.10. The normalized spacial score (nSPS) is 18.7. The molecular weight excluding hydrogens is 556 g/mol. The van der Waals surface area contributed by atoms with Gasteiger partial charge in [0.1, 0.15) is 0 Å². The van der Waals surface area contributed by atoms with Gasteiger partial charge in [0.25, 0.3) is 0 Å². The predicted octanol–water partition coefficient (Wildman–Crippen LogP) is 11.5. The molecule has 2 atom stereocenters. The van der Waals surface area contributed by atoms with Crippen molar-refractivity contribution in [3.05, 3.63) is 166 Å². The third kappa shape index (κ3) is 4.18. The zero-order chi connectivity index (χ0) is 29.3. The van der Waals surface area contributed by atoms with Crippen molar-refractivity contribution in [1.29, 1.82) is 0 Å². The zero-order valence-electron chi connectivity index (χ0n) is 24.7. The summed E-state index contributed by atoms with van der Waals surface area (Å²) in [7, 11) is -2.71. The molecule has 0 heterocycles. The molecule has 0 spiro atoms. The van der Waals surface area contributed by atoms with Gasteiger partial charge in [-0.2, -0.15) is 11.1 Å². The second-order valence-electron chi connectivity index (χ2n) is 12.5. The molecular formula is C41H33ClSi. The lowest BCUT2D eigenvalue weighted by Crippen LogP contribution is -2.40. The van der Waals surface area contributed by atoms with E-state index in [1.165, 1.54) is 77.2 Å². The Kier molecular flexibility index (Phi) is 6.12. The number of benzene rings is 6. The minimum atomic E-state index is -2.71. The monoisotopic (exact) mass is 588 g/mol. The van der Waals surface area contributed by atoms with Gasteiger partial charge in [-0.1, -0.05) is 140 Å². The van der Waals surface area contributed by atoms with E-state index in [1.807, 2.05) is 0 Å². The van der Waals surface area contributed by atoms with Gasteiger partial charge in [0.2, 0.25) is 0 Å². The van der Waals surface area contributed by atoms with E-state index in [-0.39, 0.29) is 11.1 Å². The van der Waals surface area contributed by atoms with E-state index in [2.05, 4.69) is 154 Å². The van der Waals surface area contributed by atoms with Gasteiger partial charge in [-0.15, -0.1) is 0 Å². The van der Waals surface area contributed by atoms with Gasteiger partial charge in [-0.3, -0.25) is 0 Å². The first-order valence-electron chi connectivity index (χ1n) is 15.2. The number of halogens is 1. The molecule has 0 saturated carbocycles. The molecule has 2 aliphatic carbocycles. The van der Waals surface area contributed by atoms with Crippen molar-refractivity contribution in [2.45, 2.75) is 31.5 Å². The van der Waals surface area contributed by atoms with E-state index in [4.69, 9.17) is 11.1 Å². The fourth-order valence-corrected chi connectivity index (χ4v) is 13.1. The first-order valence-corrected chi connectivity index (χ1v) is 18.9. The second kappa shape index (κ2) is 9.94. The third-order valence-corrected chi connectivity index (χ3v) is 14.4. The predicted molar refractivity (Wildman–Crippen MR) is 189 cm³/mol. The lowest BCUT2D eigenvalue weighted by Gasteiger charge is -2.38. The SMILES string of the molecule is Cc1cc(C2=Cc3ccccc3C2[Si](C)(Cl)C2C(c3cc(C)cc4ccccc34)=Cc3ccccc32)c2ccccc2c1. The topological polar surface area (TPSA) is 0 Å². The van der Waals surface area contributed by atoms with Crippen LogP contribution < -0.4 is 0 Å². The summed E-state index contributed by atoms with van der Waals surface area (Å²) in [6.07, 6.45) is 4.86. The number of hydrogen-bond donors (Lipinski definition) is 0. The molecule has 208 valence electrons. The first kappa shape index (κ1) is 26.5. The Hall–Kier alpha value is -4.17. The molecule has 0 amide bonds. The average Bonchev–Trinajstić information content (AvgIpc) is 3.60. The van der Waals surface area contributed by atoms with E-state index < -0.39 is 7.38 Å². The van der Waals surface area contributed by atoms with Crippen LogP contribution in [0.3, 0.4) is 0 Å². The van der Waals surface area contributed by atoms with Crippen molar-refractivity contribution < 1.29 is 0 Å². The van der Waals surface area contributed by atoms with E-state index in [0.29, 0.717) is 0 Å². The molecule has 0 bridgehead atoms. The maximum Gasteiger partial charge on any atom is 0.176 e. The minimum Gasteiger partial charge on any atom is -0.165 e. The fourth-order valence-electron chi connectivity index (χ4n) is 7.90. The second-order valence-corrected chi connectivity index (χ2v) is 18.4. The van der Waals surface area contributed by atoms with Crippen LogP contribution in [-0.2, 0) is 0 Å². The minimum absolute atomic E-state index is 0.131. The van der Waals surface area contributed by atoms with Crippen LogP contribution >= 0.6 is 11.1 Å². The molecule has 0 fully saturated rings. The Morgan fingerprint density at radius 2 is 0.907 bits per heavy atom. The van der Waals surface area contributed by atoms with Crippen molar-refractivity contribution in [1.82, 2.24) is 0 Å². The molecule has 0 radical (unpaired) electrons. The standard InChI is InChI=1S/C41H33ClSi/c1-26-20-28-12-4-8-16-32(28)36(22-26)38-24-30-14-6-10-18-34(30)40(38)43(3,42)41-35-19-11-7-15-31(35)25-39(41)37-23-27(2)21-29-13-5-9-17-33(29)37/h4-25,40-41H,1-3H3. The molecule has 6 aromatic carbocycles. The van der Waals surface area contributed by atoms with Crippen molar-refractivity contribution >= 4 is 63.3 Å². The number of rotatable bonds is 4. The third-order valence-electron chi connectivity index (χ3n) is 9.62. The van der Waals surface area contributed by atoms with Gasteiger partial charge in [0.15, 0.2) is 7.38 Å². The molecule has 0 saturated heterocycles. The maximum atomic E-state index is 8.33. The molecule has 0 aliphatic heterocycles. The fraction of sp³-hybridized carbons (Fsp3) is 0.122. The number of aryl methyl sites for hydroxylation is 2. The largest absolute Gasteiger partial charge is 0.176 e. The first-order chi connectivity index (χ1) is 20.9. The van der Waals surface area contributed by atoms with Crippen molar-refractivity contribution in [3.8, 4) is 0 Å². The highest BCUT2D eigenvalue weighted by molar-refractivity contribution is 7.22. The van der Waals surface area contributed by atoms with Gasteiger partial charge in [0.05, 0.1) is 0 Å². The molecule has 2 unspecified atom stereocenters. The van der Waals surface area contributed by atoms with E-state index in [0.717, 1.165) is 0 Å². The quantitative estimate of drug-likeness (QED) is 0.142. The molecule has 2 heteroatoms. The van der Waals surface area contributed by atoms with Crippen LogP contribution in [0.5, 0.6) is 0 Å². The smallest absolute Gasteiger partial charge is 0.165 e. The Bertz CT molecular complexity index is 1990. The summed E-state index contributed by atoms with van der Waals surface area (Å²) in [6, 6.07) is 44.8. The molecule has 0 nitrogen and oxygen atoms in total.